The lowest BCUT2D eigenvalue weighted by molar-refractivity contribution is -0.120. The Morgan fingerprint density at radius 1 is 1.07 bits per heavy atom. The first-order valence-corrected chi connectivity index (χ1v) is 10.8. The van der Waals surface area contributed by atoms with Crippen LogP contribution in [0.2, 0.25) is 5.02 Å². The lowest BCUT2D eigenvalue weighted by Crippen LogP contribution is -2.20. The number of hydrazone groups is 1. The molecular formula is C25H27ClN2O2. The maximum Gasteiger partial charge on any atom is 0.244 e. The molecule has 0 heterocycles. The third kappa shape index (κ3) is 6.33. The van der Waals surface area contributed by atoms with Gasteiger partial charge < -0.3 is 4.74 Å². The van der Waals surface area contributed by atoms with Crippen LogP contribution in [-0.2, 0) is 11.2 Å². The van der Waals surface area contributed by atoms with Gasteiger partial charge in [0.05, 0.1) is 19.2 Å². The second kappa shape index (κ2) is 11.4. The first-order valence-electron chi connectivity index (χ1n) is 10.4. The predicted octanol–water partition coefficient (Wildman–Crippen LogP) is 6.15. The van der Waals surface area contributed by atoms with E-state index in [-0.39, 0.29) is 12.3 Å². The van der Waals surface area contributed by atoms with Gasteiger partial charge in [-0.2, -0.15) is 5.10 Å². The van der Waals surface area contributed by atoms with Gasteiger partial charge in [0.1, 0.15) is 5.75 Å². The van der Waals surface area contributed by atoms with Crippen LogP contribution in [0.5, 0.6) is 5.75 Å². The van der Waals surface area contributed by atoms with E-state index < -0.39 is 0 Å². The minimum Gasteiger partial charge on any atom is -0.493 e. The molecular weight excluding hydrogens is 396 g/mol. The van der Waals surface area contributed by atoms with Gasteiger partial charge in [0.2, 0.25) is 5.91 Å². The molecule has 0 atom stereocenters. The van der Waals surface area contributed by atoms with E-state index in [1.807, 2.05) is 48.5 Å². The van der Waals surface area contributed by atoms with E-state index in [9.17, 15) is 4.79 Å². The Bertz CT molecular complexity index is 1010. The van der Waals surface area contributed by atoms with Crippen LogP contribution >= 0.6 is 11.6 Å². The number of hydrogen-bond acceptors (Lipinski definition) is 3. The molecule has 1 amide bonds. The molecule has 0 aliphatic rings. The summed E-state index contributed by atoms with van der Waals surface area (Å²) in [5, 5.41) is 6.90. The first kappa shape index (κ1) is 21.8. The highest BCUT2D eigenvalue weighted by molar-refractivity contribution is 6.30. The van der Waals surface area contributed by atoms with Crippen molar-refractivity contribution in [2.24, 2.45) is 5.10 Å². The number of ether oxygens (including phenoxy) is 1. The average molecular weight is 423 g/mol. The maximum atomic E-state index is 12.4. The standard InChI is InChI=1S/C25H27ClN2O2/c1-2-3-4-7-15-30-24-14-13-22(26)16-21(24)18-27-28-25(29)17-20-11-8-10-19-9-5-6-12-23(19)20/h5-6,8-14,16,18H,2-4,7,15,17H2,1H3,(H,28,29)/b27-18+. The third-order valence-corrected chi connectivity index (χ3v) is 5.09. The molecule has 0 spiro atoms. The molecule has 0 fully saturated rings. The Balaban J connectivity index is 1.60. The Labute approximate surface area is 182 Å². The van der Waals surface area contributed by atoms with Gasteiger partial charge in [-0.3, -0.25) is 4.79 Å². The van der Waals surface area contributed by atoms with Crippen molar-refractivity contribution in [3.05, 3.63) is 76.8 Å². The number of rotatable bonds is 10. The molecule has 3 aromatic rings. The van der Waals surface area contributed by atoms with Gasteiger partial charge in [-0.1, -0.05) is 80.3 Å². The van der Waals surface area contributed by atoms with Crippen molar-refractivity contribution in [2.45, 2.75) is 39.0 Å². The van der Waals surface area contributed by atoms with Crippen LogP contribution < -0.4 is 10.2 Å². The Hall–Kier alpha value is -2.85. The van der Waals surface area contributed by atoms with E-state index in [1.165, 1.54) is 12.8 Å². The molecule has 5 heteroatoms. The molecule has 0 unspecified atom stereocenters. The number of fused-ring (bicyclic) bond motifs is 1. The smallest absolute Gasteiger partial charge is 0.244 e. The zero-order chi connectivity index (χ0) is 21.2. The topological polar surface area (TPSA) is 50.7 Å². The van der Waals surface area contributed by atoms with Crippen molar-refractivity contribution in [1.82, 2.24) is 5.43 Å². The summed E-state index contributed by atoms with van der Waals surface area (Å²) < 4.78 is 5.88. The van der Waals surface area contributed by atoms with E-state index in [0.29, 0.717) is 17.4 Å². The van der Waals surface area contributed by atoms with Crippen molar-refractivity contribution in [1.29, 1.82) is 0 Å². The molecule has 156 valence electrons. The highest BCUT2D eigenvalue weighted by atomic mass is 35.5. The maximum absolute atomic E-state index is 12.4. The molecule has 0 aliphatic heterocycles. The van der Waals surface area contributed by atoms with E-state index >= 15 is 0 Å². The largest absolute Gasteiger partial charge is 0.493 e. The molecule has 0 bridgehead atoms. The molecule has 0 aromatic heterocycles. The number of amides is 1. The van der Waals surface area contributed by atoms with Gasteiger partial charge in [0.25, 0.3) is 0 Å². The van der Waals surface area contributed by atoms with Gasteiger partial charge in [-0.15, -0.1) is 0 Å². The summed E-state index contributed by atoms with van der Waals surface area (Å²) in [6, 6.07) is 19.4. The fourth-order valence-electron chi connectivity index (χ4n) is 3.30. The molecule has 30 heavy (non-hydrogen) atoms. The highest BCUT2D eigenvalue weighted by Crippen LogP contribution is 2.22. The van der Waals surface area contributed by atoms with E-state index in [0.717, 1.165) is 34.7 Å². The van der Waals surface area contributed by atoms with Gasteiger partial charge in [0, 0.05) is 10.6 Å². The number of hydrogen-bond donors (Lipinski definition) is 1. The van der Waals surface area contributed by atoms with Crippen LogP contribution in [0.15, 0.2) is 65.8 Å². The average Bonchev–Trinajstić information content (AvgIpc) is 2.75. The number of benzene rings is 3. The second-order valence-corrected chi connectivity index (χ2v) is 7.64. The van der Waals surface area contributed by atoms with Crippen molar-refractivity contribution in [2.75, 3.05) is 6.61 Å². The Morgan fingerprint density at radius 3 is 2.77 bits per heavy atom. The molecule has 0 saturated carbocycles. The number of carbonyl (C=O) groups is 1. The molecule has 3 aromatic carbocycles. The fourth-order valence-corrected chi connectivity index (χ4v) is 3.48. The van der Waals surface area contributed by atoms with Crippen LogP contribution in [0.1, 0.15) is 43.7 Å². The Morgan fingerprint density at radius 2 is 1.90 bits per heavy atom. The summed E-state index contributed by atoms with van der Waals surface area (Å²) in [4.78, 5) is 12.4. The number of halogens is 1. The highest BCUT2D eigenvalue weighted by Gasteiger charge is 2.07. The van der Waals surface area contributed by atoms with E-state index in [2.05, 4.69) is 17.5 Å². The summed E-state index contributed by atoms with van der Waals surface area (Å²) in [5.41, 5.74) is 4.32. The summed E-state index contributed by atoms with van der Waals surface area (Å²) in [7, 11) is 0. The molecule has 0 saturated heterocycles. The summed E-state index contributed by atoms with van der Waals surface area (Å²) >= 11 is 6.12. The van der Waals surface area contributed by atoms with Crippen LogP contribution in [0, 0.1) is 0 Å². The first-order chi connectivity index (χ1) is 14.7. The Kier molecular flexibility index (Phi) is 8.28. The zero-order valence-electron chi connectivity index (χ0n) is 17.2. The van der Waals surface area contributed by atoms with Gasteiger partial charge in [-0.25, -0.2) is 5.43 Å². The molecule has 0 aliphatic carbocycles. The lowest BCUT2D eigenvalue weighted by Gasteiger charge is -2.09. The minimum absolute atomic E-state index is 0.174. The van der Waals surface area contributed by atoms with E-state index in [1.54, 1.807) is 18.3 Å². The van der Waals surface area contributed by atoms with Crippen molar-refractivity contribution in [3.8, 4) is 5.75 Å². The van der Waals surface area contributed by atoms with Crippen LogP contribution in [-0.4, -0.2) is 18.7 Å². The van der Waals surface area contributed by atoms with Gasteiger partial charge >= 0.3 is 0 Å². The quantitative estimate of drug-likeness (QED) is 0.242. The van der Waals surface area contributed by atoms with Gasteiger partial charge in [0.15, 0.2) is 0 Å². The summed E-state index contributed by atoms with van der Waals surface area (Å²) in [6.45, 7) is 2.83. The third-order valence-electron chi connectivity index (χ3n) is 4.85. The molecule has 4 nitrogen and oxygen atoms in total. The zero-order valence-corrected chi connectivity index (χ0v) is 18.0. The predicted molar refractivity (Wildman–Crippen MR) is 124 cm³/mol. The number of carbonyl (C=O) groups excluding carboxylic acids is 1. The van der Waals surface area contributed by atoms with Crippen LogP contribution in [0.3, 0.4) is 0 Å². The molecule has 1 N–H and O–H groups in total. The summed E-state index contributed by atoms with van der Waals surface area (Å²) in [6.07, 6.45) is 6.40. The molecule has 3 rings (SSSR count). The van der Waals surface area contributed by atoms with Crippen molar-refractivity contribution < 1.29 is 9.53 Å². The monoisotopic (exact) mass is 422 g/mol. The van der Waals surface area contributed by atoms with E-state index in [4.69, 9.17) is 16.3 Å². The fraction of sp³-hybridized carbons (Fsp3) is 0.280. The second-order valence-electron chi connectivity index (χ2n) is 7.20. The normalized spacial score (nSPS) is 11.1. The van der Waals surface area contributed by atoms with Crippen LogP contribution in [0.25, 0.3) is 10.8 Å². The van der Waals surface area contributed by atoms with Crippen LogP contribution in [0.4, 0.5) is 0 Å². The number of nitrogens with zero attached hydrogens (tertiary/aromatic N) is 1. The summed E-state index contributed by atoms with van der Waals surface area (Å²) in [5.74, 6) is 0.537. The lowest BCUT2D eigenvalue weighted by atomic mass is 10.0. The number of nitrogens with one attached hydrogen (secondary N) is 1. The number of unbranched alkanes of at least 4 members (excludes halogenated alkanes) is 3. The minimum atomic E-state index is -0.174. The van der Waals surface area contributed by atoms with Crippen molar-refractivity contribution in [3.63, 3.8) is 0 Å². The SMILES string of the molecule is CCCCCCOc1ccc(Cl)cc1/C=N/NC(=O)Cc1cccc2ccccc12. The van der Waals surface area contributed by atoms with Crippen molar-refractivity contribution >= 4 is 34.5 Å². The molecule has 0 radical (unpaired) electrons. The van der Waals surface area contributed by atoms with Gasteiger partial charge in [-0.05, 0) is 41.0 Å².